The Morgan fingerprint density at radius 1 is 1.20 bits per heavy atom. The summed E-state index contributed by atoms with van der Waals surface area (Å²) in [6, 6.07) is 7.02. The van der Waals surface area contributed by atoms with Crippen molar-refractivity contribution in [2.75, 3.05) is 5.32 Å². The van der Waals surface area contributed by atoms with Gasteiger partial charge < -0.3 is 10.4 Å². The van der Waals surface area contributed by atoms with Crippen molar-refractivity contribution in [1.29, 1.82) is 0 Å². The van der Waals surface area contributed by atoms with Gasteiger partial charge in [0.25, 0.3) is 5.91 Å². The van der Waals surface area contributed by atoms with Gasteiger partial charge in [-0.15, -0.1) is 0 Å². The first-order chi connectivity index (χ1) is 9.38. The second-order valence-corrected chi connectivity index (χ2v) is 5.85. The van der Waals surface area contributed by atoms with Crippen LogP contribution in [0.2, 0.25) is 10.0 Å². The Hall–Kier alpha value is -1.05. The van der Waals surface area contributed by atoms with Crippen molar-refractivity contribution in [3.05, 3.63) is 55.3 Å². The summed E-state index contributed by atoms with van der Waals surface area (Å²) in [5, 5.41) is 11.7. The summed E-state index contributed by atoms with van der Waals surface area (Å²) in [5.74, 6) is -1.19. The van der Waals surface area contributed by atoms with Crippen LogP contribution in [0.25, 0.3) is 0 Å². The van der Waals surface area contributed by atoms with Crippen LogP contribution in [-0.2, 0) is 0 Å². The molecular formula is C13H7Cl2FINO2. The van der Waals surface area contributed by atoms with E-state index in [4.69, 9.17) is 23.2 Å². The third-order valence-electron chi connectivity index (χ3n) is 2.45. The molecule has 0 aliphatic carbocycles. The summed E-state index contributed by atoms with van der Waals surface area (Å²) >= 11 is 13.2. The zero-order valence-corrected chi connectivity index (χ0v) is 13.4. The SMILES string of the molecule is O=C(Nc1cc(Cl)c(F)c(Cl)c1)c1ccc(I)c(O)c1. The van der Waals surface area contributed by atoms with Gasteiger partial charge in [-0.25, -0.2) is 4.39 Å². The number of aromatic hydroxyl groups is 1. The van der Waals surface area contributed by atoms with Crippen LogP contribution in [0.1, 0.15) is 10.4 Å². The van der Waals surface area contributed by atoms with Crippen LogP contribution in [0, 0.1) is 9.39 Å². The van der Waals surface area contributed by atoms with E-state index in [1.54, 1.807) is 12.1 Å². The molecule has 0 bridgehead atoms. The summed E-state index contributed by atoms with van der Waals surface area (Å²) in [7, 11) is 0. The molecule has 104 valence electrons. The topological polar surface area (TPSA) is 49.3 Å². The summed E-state index contributed by atoms with van der Waals surface area (Å²) in [6.45, 7) is 0. The first kappa shape index (κ1) is 15.3. The third-order valence-corrected chi connectivity index (χ3v) is 3.91. The van der Waals surface area contributed by atoms with Crippen LogP contribution < -0.4 is 5.32 Å². The molecule has 0 heterocycles. The highest BCUT2D eigenvalue weighted by atomic mass is 127. The number of carbonyl (C=O) groups is 1. The number of hydrogen-bond acceptors (Lipinski definition) is 2. The van der Waals surface area contributed by atoms with Gasteiger partial charge in [-0.3, -0.25) is 4.79 Å². The molecule has 0 radical (unpaired) electrons. The van der Waals surface area contributed by atoms with Gasteiger partial charge in [0, 0.05) is 11.3 Å². The van der Waals surface area contributed by atoms with Crippen molar-refractivity contribution in [1.82, 2.24) is 0 Å². The van der Waals surface area contributed by atoms with Crippen LogP contribution in [0.4, 0.5) is 10.1 Å². The predicted molar refractivity (Wildman–Crippen MR) is 85.2 cm³/mol. The van der Waals surface area contributed by atoms with E-state index in [-0.39, 0.29) is 27.0 Å². The molecule has 2 rings (SSSR count). The Labute approximate surface area is 137 Å². The lowest BCUT2D eigenvalue weighted by molar-refractivity contribution is 0.102. The van der Waals surface area contributed by atoms with Crippen molar-refractivity contribution >= 4 is 57.4 Å². The van der Waals surface area contributed by atoms with E-state index in [0.29, 0.717) is 3.57 Å². The van der Waals surface area contributed by atoms with Crippen molar-refractivity contribution in [3.8, 4) is 5.75 Å². The molecule has 2 aromatic rings. The first-order valence-corrected chi connectivity index (χ1v) is 7.16. The van der Waals surface area contributed by atoms with Gasteiger partial charge in [0.05, 0.1) is 13.6 Å². The molecule has 7 heteroatoms. The smallest absolute Gasteiger partial charge is 0.255 e. The van der Waals surface area contributed by atoms with Gasteiger partial charge in [0.1, 0.15) is 5.75 Å². The highest BCUT2D eigenvalue weighted by Crippen LogP contribution is 2.28. The Kier molecular flexibility index (Phi) is 4.72. The van der Waals surface area contributed by atoms with Crippen LogP contribution in [-0.4, -0.2) is 11.0 Å². The number of benzene rings is 2. The lowest BCUT2D eigenvalue weighted by atomic mass is 10.2. The zero-order valence-electron chi connectivity index (χ0n) is 9.75. The summed E-state index contributed by atoms with van der Waals surface area (Å²) < 4.78 is 13.9. The minimum absolute atomic E-state index is 0.00780. The molecule has 0 saturated carbocycles. The Balaban J connectivity index is 2.25. The van der Waals surface area contributed by atoms with Crippen LogP contribution >= 0.6 is 45.8 Å². The van der Waals surface area contributed by atoms with Crippen molar-refractivity contribution < 1.29 is 14.3 Å². The Morgan fingerprint density at radius 2 is 1.80 bits per heavy atom. The van der Waals surface area contributed by atoms with Crippen LogP contribution in [0.5, 0.6) is 5.75 Å². The lowest BCUT2D eigenvalue weighted by Gasteiger charge is -2.08. The number of carbonyl (C=O) groups excluding carboxylic acids is 1. The molecule has 2 N–H and O–H groups in total. The maximum atomic E-state index is 13.3. The van der Waals surface area contributed by atoms with Gasteiger partial charge in [-0.1, -0.05) is 23.2 Å². The second-order valence-electron chi connectivity index (χ2n) is 3.87. The molecular weight excluding hydrogens is 419 g/mol. The molecule has 0 saturated heterocycles. The highest BCUT2D eigenvalue weighted by Gasteiger charge is 2.12. The second kappa shape index (κ2) is 6.15. The molecule has 3 nitrogen and oxygen atoms in total. The Morgan fingerprint density at radius 3 is 2.35 bits per heavy atom. The average molecular weight is 426 g/mol. The zero-order chi connectivity index (χ0) is 14.9. The quantitative estimate of drug-likeness (QED) is 0.541. The number of rotatable bonds is 2. The molecule has 0 aliphatic rings. The summed E-state index contributed by atoms with van der Waals surface area (Å²) in [6.07, 6.45) is 0. The predicted octanol–water partition coefficient (Wildman–Crippen LogP) is 4.70. The maximum Gasteiger partial charge on any atom is 0.255 e. The molecule has 0 unspecified atom stereocenters. The van der Waals surface area contributed by atoms with Crippen LogP contribution in [0.3, 0.4) is 0 Å². The van der Waals surface area contributed by atoms with E-state index >= 15 is 0 Å². The molecule has 0 aliphatic heterocycles. The number of anilines is 1. The average Bonchev–Trinajstić information content (AvgIpc) is 2.39. The number of phenolic OH excluding ortho intramolecular Hbond substituents is 1. The van der Waals surface area contributed by atoms with E-state index in [9.17, 15) is 14.3 Å². The van der Waals surface area contributed by atoms with Gasteiger partial charge in [-0.2, -0.15) is 0 Å². The summed E-state index contributed by atoms with van der Waals surface area (Å²) in [4.78, 5) is 12.0. The molecule has 0 spiro atoms. The highest BCUT2D eigenvalue weighted by molar-refractivity contribution is 14.1. The fraction of sp³-hybridized carbons (Fsp3) is 0. The lowest BCUT2D eigenvalue weighted by Crippen LogP contribution is -2.12. The normalized spacial score (nSPS) is 10.4. The van der Waals surface area contributed by atoms with E-state index in [2.05, 4.69) is 5.32 Å². The molecule has 20 heavy (non-hydrogen) atoms. The minimum atomic E-state index is -0.738. The van der Waals surface area contributed by atoms with Gasteiger partial charge in [0.15, 0.2) is 5.82 Å². The van der Waals surface area contributed by atoms with E-state index in [0.717, 1.165) is 0 Å². The monoisotopic (exact) mass is 425 g/mol. The number of hydrogen-bond donors (Lipinski definition) is 2. The van der Waals surface area contributed by atoms with Crippen LogP contribution in [0.15, 0.2) is 30.3 Å². The van der Waals surface area contributed by atoms with Gasteiger partial charge in [0.2, 0.25) is 0 Å². The molecule has 0 aromatic heterocycles. The van der Waals surface area contributed by atoms with E-state index in [1.165, 1.54) is 18.2 Å². The van der Waals surface area contributed by atoms with Crippen molar-refractivity contribution in [2.24, 2.45) is 0 Å². The van der Waals surface area contributed by atoms with Gasteiger partial charge in [-0.05, 0) is 52.9 Å². The van der Waals surface area contributed by atoms with E-state index < -0.39 is 11.7 Å². The molecule has 1 amide bonds. The third kappa shape index (κ3) is 3.34. The standard InChI is InChI=1S/C13H7Cl2FINO2/c14-8-4-7(5-9(15)12(8)16)18-13(20)6-1-2-10(17)11(19)3-6/h1-5,19H,(H,18,20). The Bertz CT molecular complexity index is 671. The molecule has 0 atom stereocenters. The number of amides is 1. The summed E-state index contributed by atoms with van der Waals surface area (Å²) in [5.41, 5.74) is 0.531. The molecule has 2 aromatic carbocycles. The number of nitrogens with one attached hydrogen (secondary N) is 1. The van der Waals surface area contributed by atoms with Gasteiger partial charge >= 0.3 is 0 Å². The van der Waals surface area contributed by atoms with Crippen molar-refractivity contribution in [3.63, 3.8) is 0 Å². The first-order valence-electron chi connectivity index (χ1n) is 5.33. The maximum absolute atomic E-state index is 13.3. The fourth-order valence-electron chi connectivity index (χ4n) is 1.48. The number of halogens is 4. The fourth-order valence-corrected chi connectivity index (χ4v) is 2.31. The van der Waals surface area contributed by atoms with Crippen molar-refractivity contribution in [2.45, 2.75) is 0 Å². The largest absolute Gasteiger partial charge is 0.507 e. The van der Waals surface area contributed by atoms with E-state index in [1.807, 2.05) is 22.6 Å². The minimum Gasteiger partial charge on any atom is -0.507 e. The number of phenols is 1. The molecule has 0 fully saturated rings.